The van der Waals surface area contributed by atoms with Gasteiger partial charge in [-0.15, -0.1) is 0 Å². The highest BCUT2D eigenvalue weighted by molar-refractivity contribution is 7.80. The number of hydrogen-bond donors (Lipinski definition) is 2. The molecule has 0 saturated carbocycles. The fourth-order valence-corrected chi connectivity index (χ4v) is 3.92. The zero-order valence-corrected chi connectivity index (χ0v) is 19.3. The van der Waals surface area contributed by atoms with Gasteiger partial charge < -0.3 is 5.32 Å². The molecule has 4 rings (SSSR count). The van der Waals surface area contributed by atoms with Crippen LogP contribution in [0.4, 0.5) is 5.69 Å². The van der Waals surface area contributed by atoms with Gasteiger partial charge in [-0.05, 0) is 46.7 Å². The molecule has 1 heterocycles. The fourth-order valence-electron chi connectivity index (χ4n) is 3.35. The molecule has 0 aromatic heterocycles. The van der Waals surface area contributed by atoms with Crippen LogP contribution in [0.25, 0.3) is 0 Å². The van der Waals surface area contributed by atoms with Crippen molar-refractivity contribution in [3.8, 4) is 0 Å². The Balaban J connectivity index is 1.66. The van der Waals surface area contributed by atoms with Crippen molar-refractivity contribution in [3.63, 3.8) is 0 Å². The number of nitrogens with zero attached hydrogens (tertiary/aromatic N) is 2. The molecule has 6 nitrogen and oxygen atoms in total. The van der Waals surface area contributed by atoms with Crippen molar-refractivity contribution < 1.29 is 9.59 Å². The predicted molar refractivity (Wildman–Crippen MR) is 134 cm³/mol. The highest BCUT2D eigenvalue weighted by atomic mass is 32.1. The molecule has 1 aliphatic heterocycles. The second-order valence-electron chi connectivity index (χ2n) is 7.27. The maximum absolute atomic E-state index is 13.2. The van der Waals surface area contributed by atoms with Gasteiger partial charge in [-0.2, -0.15) is 0 Å². The molecule has 0 radical (unpaired) electrons. The number of carbonyl (C=O) groups excluding carboxylic acids is 2. The first-order valence-electron chi connectivity index (χ1n) is 9.94. The van der Waals surface area contributed by atoms with Gasteiger partial charge in [0, 0.05) is 16.7 Å². The Labute approximate surface area is 194 Å². The van der Waals surface area contributed by atoms with Crippen LogP contribution >= 0.6 is 21.6 Å². The van der Waals surface area contributed by atoms with E-state index in [9.17, 15) is 9.59 Å². The molecular weight excluding hydrogens is 439 g/mol. The summed E-state index contributed by atoms with van der Waals surface area (Å²) in [4.78, 5) is 30.4. The van der Waals surface area contributed by atoms with E-state index in [1.54, 1.807) is 24.3 Å². The summed E-state index contributed by atoms with van der Waals surface area (Å²) < 4.78 is 1.47. The molecule has 2 atom stereocenters. The molecule has 160 valence electrons. The summed E-state index contributed by atoms with van der Waals surface area (Å²) in [5.74, 6) is -0.682. The van der Waals surface area contributed by atoms with Gasteiger partial charge in [0.15, 0.2) is 5.11 Å². The lowest BCUT2D eigenvalue weighted by molar-refractivity contribution is -0.118. The van der Waals surface area contributed by atoms with E-state index >= 15 is 0 Å². The van der Waals surface area contributed by atoms with E-state index in [1.165, 1.54) is 4.67 Å². The van der Waals surface area contributed by atoms with Crippen LogP contribution in [0.5, 0.6) is 0 Å². The second kappa shape index (κ2) is 9.39. The van der Waals surface area contributed by atoms with Crippen LogP contribution in [0.3, 0.4) is 0 Å². The lowest BCUT2D eigenvalue weighted by Gasteiger charge is -2.21. The van der Waals surface area contributed by atoms with Crippen LogP contribution in [0, 0.1) is 6.92 Å². The van der Waals surface area contributed by atoms with Gasteiger partial charge in [0.05, 0.1) is 11.4 Å². The SMILES string of the molecule is Cc1ccc(C2=NC(NC(=S)NC(=O)c3ccccc3)C(=O)N(P)c3ccccc32)cc1. The monoisotopic (exact) mass is 460 g/mol. The number of nitrogens with one attached hydrogen (secondary N) is 2. The topological polar surface area (TPSA) is 73.8 Å². The number of thiocarbonyl (C=S) groups is 1. The molecular formula is C24H21N4O2PS. The molecule has 3 aromatic carbocycles. The average molecular weight is 460 g/mol. The van der Waals surface area contributed by atoms with E-state index in [-0.39, 0.29) is 16.9 Å². The second-order valence-corrected chi connectivity index (χ2v) is 8.19. The molecule has 2 unspecified atom stereocenters. The molecule has 0 spiro atoms. The molecule has 0 saturated heterocycles. The summed E-state index contributed by atoms with van der Waals surface area (Å²) in [6.45, 7) is 2.01. The van der Waals surface area contributed by atoms with Crippen LogP contribution in [-0.2, 0) is 4.79 Å². The van der Waals surface area contributed by atoms with Gasteiger partial charge in [0.2, 0.25) is 6.17 Å². The van der Waals surface area contributed by atoms with Crippen LogP contribution in [0.2, 0.25) is 0 Å². The van der Waals surface area contributed by atoms with Crippen molar-refractivity contribution in [1.82, 2.24) is 10.6 Å². The van der Waals surface area contributed by atoms with Gasteiger partial charge in [0.25, 0.3) is 11.8 Å². The zero-order chi connectivity index (χ0) is 22.7. The maximum Gasteiger partial charge on any atom is 0.275 e. The number of benzodiazepines with no additional fused rings is 1. The van der Waals surface area contributed by atoms with E-state index in [0.717, 1.165) is 16.7 Å². The minimum atomic E-state index is -1.01. The Morgan fingerprint density at radius 1 is 1.00 bits per heavy atom. The smallest absolute Gasteiger partial charge is 0.275 e. The minimum Gasteiger partial charge on any atom is -0.333 e. The number of anilines is 1. The summed E-state index contributed by atoms with van der Waals surface area (Å²) >= 11 is 5.32. The molecule has 2 amide bonds. The number of fused-ring (bicyclic) bond motifs is 1. The standard InChI is InChI=1S/C24H21N4O2PS/c1-15-11-13-16(14-12-15)20-18-9-5-6-10-19(18)28(31)23(30)21(25-20)26-24(32)27-22(29)17-7-3-2-4-8-17/h2-14,21H,31H2,1H3,(H2,26,27,29,32). The van der Waals surface area contributed by atoms with E-state index < -0.39 is 6.17 Å². The van der Waals surface area contributed by atoms with E-state index in [1.807, 2.05) is 61.5 Å². The minimum absolute atomic E-state index is 0.0218. The first kappa shape index (κ1) is 21.8. The molecule has 3 aromatic rings. The van der Waals surface area contributed by atoms with Crippen LogP contribution < -0.4 is 15.3 Å². The van der Waals surface area contributed by atoms with Crippen molar-refractivity contribution in [2.75, 3.05) is 4.67 Å². The maximum atomic E-state index is 13.2. The number of amides is 2. The molecule has 0 aliphatic carbocycles. The van der Waals surface area contributed by atoms with Crippen LogP contribution in [0.15, 0.2) is 83.9 Å². The van der Waals surface area contributed by atoms with Crippen molar-refractivity contribution in [3.05, 3.63) is 101 Å². The van der Waals surface area contributed by atoms with Crippen molar-refractivity contribution in [1.29, 1.82) is 0 Å². The summed E-state index contributed by atoms with van der Waals surface area (Å²) in [6, 6.07) is 24.2. The van der Waals surface area contributed by atoms with E-state index in [2.05, 4.69) is 20.0 Å². The molecule has 0 fully saturated rings. The number of hydrogen-bond acceptors (Lipinski definition) is 4. The highest BCUT2D eigenvalue weighted by Gasteiger charge is 2.30. The van der Waals surface area contributed by atoms with Gasteiger partial charge >= 0.3 is 0 Å². The quantitative estimate of drug-likeness (QED) is 0.463. The fraction of sp³-hybridized carbons (Fsp3) is 0.0833. The Hall–Kier alpha value is -3.41. The Morgan fingerprint density at radius 3 is 2.38 bits per heavy atom. The molecule has 2 N–H and O–H groups in total. The Bertz CT molecular complexity index is 1210. The van der Waals surface area contributed by atoms with E-state index in [4.69, 9.17) is 17.2 Å². The number of aryl methyl sites for hydroxylation is 1. The molecule has 8 heteroatoms. The van der Waals surface area contributed by atoms with Gasteiger partial charge in [-0.1, -0.05) is 66.2 Å². The third-order valence-electron chi connectivity index (χ3n) is 5.00. The van der Waals surface area contributed by atoms with Crippen LogP contribution in [-0.4, -0.2) is 28.8 Å². The number of aliphatic imine (C=N–C) groups is 1. The Kier molecular flexibility index (Phi) is 6.40. The highest BCUT2D eigenvalue weighted by Crippen LogP contribution is 2.30. The van der Waals surface area contributed by atoms with E-state index in [0.29, 0.717) is 17.0 Å². The van der Waals surface area contributed by atoms with Gasteiger partial charge in [0.1, 0.15) is 0 Å². The average Bonchev–Trinajstić information content (AvgIpc) is 2.91. The van der Waals surface area contributed by atoms with Crippen molar-refractivity contribution in [2.24, 2.45) is 4.99 Å². The Morgan fingerprint density at radius 2 is 1.66 bits per heavy atom. The molecule has 32 heavy (non-hydrogen) atoms. The summed E-state index contributed by atoms with van der Waals surface area (Å²) in [6.07, 6.45) is -1.01. The van der Waals surface area contributed by atoms with Gasteiger partial charge in [-0.25, -0.2) is 4.99 Å². The summed E-state index contributed by atoms with van der Waals surface area (Å²) in [7, 11) is 2.44. The first-order valence-corrected chi connectivity index (χ1v) is 10.9. The third kappa shape index (κ3) is 4.59. The third-order valence-corrected chi connectivity index (χ3v) is 5.76. The summed E-state index contributed by atoms with van der Waals surface area (Å²) in [5.41, 5.74) is 4.66. The predicted octanol–water partition coefficient (Wildman–Crippen LogP) is 3.60. The normalized spacial score (nSPS) is 15.3. The molecule has 1 aliphatic rings. The number of benzene rings is 3. The van der Waals surface area contributed by atoms with Crippen LogP contribution in [0.1, 0.15) is 27.0 Å². The number of carbonyl (C=O) groups is 2. The number of rotatable bonds is 3. The van der Waals surface area contributed by atoms with Gasteiger partial charge in [-0.3, -0.25) is 19.6 Å². The lowest BCUT2D eigenvalue weighted by atomic mass is 10.00. The largest absolute Gasteiger partial charge is 0.333 e. The van der Waals surface area contributed by atoms with Crippen molar-refractivity contribution in [2.45, 2.75) is 13.1 Å². The number of para-hydroxylation sites is 1. The summed E-state index contributed by atoms with van der Waals surface area (Å²) in [5, 5.41) is 5.53. The van der Waals surface area contributed by atoms with Crippen molar-refractivity contribution >= 4 is 49.9 Å². The first-order chi connectivity index (χ1) is 15.4. The zero-order valence-electron chi connectivity index (χ0n) is 17.3. The molecule has 0 bridgehead atoms. The lowest BCUT2D eigenvalue weighted by Crippen LogP contribution is -2.49.